The molecule has 0 spiro atoms. The zero-order valence-corrected chi connectivity index (χ0v) is 15.8. The maximum Gasteiger partial charge on any atom is 0.225 e. The summed E-state index contributed by atoms with van der Waals surface area (Å²) in [5.41, 5.74) is 2.60. The van der Waals surface area contributed by atoms with Crippen molar-refractivity contribution in [1.29, 1.82) is 0 Å². The van der Waals surface area contributed by atoms with Gasteiger partial charge in [0.2, 0.25) is 5.95 Å². The molecule has 0 amide bonds. The van der Waals surface area contributed by atoms with E-state index in [2.05, 4.69) is 30.8 Å². The predicted octanol–water partition coefficient (Wildman–Crippen LogP) is 4.59. The Balaban J connectivity index is 1.57. The van der Waals surface area contributed by atoms with E-state index in [9.17, 15) is 8.78 Å². The second-order valence-electron chi connectivity index (χ2n) is 6.62. The Bertz CT molecular complexity index is 1120. The predicted molar refractivity (Wildman–Crippen MR) is 109 cm³/mol. The van der Waals surface area contributed by atoms with Crippen molar-refractivity contribution in [2.75, 3.05) is 17.2 Å². The molecule has 0 unspecified atom stereocenters. The third kappa shape index (κ3) is 4.48. The fourth-order valence-corrected chi connectivity index (χ4v) is 2.97. The molecule has 0 radical (unpaired) electrons. The van der Waals surface area contributed by atoms with Crippen molar-refractivity contribution in [2.45, 2.75) is 19.8 Å². The van der Waals surface area contributed by atoms with Crippen LogP contribution in [0, 0.1) is 11.6 Å². The van der Waals surface area contributed by atoms with Crippen LogP contribution >= 0.6 is 0 Å². The lowest BCUT2D eigenvalue weighted by molar-refractivity contribution is 0.627. The minimum absolute atomic E-state index is 0.257. The number of nitrogens with zero attached hydrogens (tertiary/aromatic N) is 3. The molecule has 0 fully saturated rings. The number of aromatic amines is 1. The number of benzene rings is 2. The third-order valence-electron chi connectivity index (χ3n) is 4.53. The highest BCUT2D eigenvalue weighted by Gasteiger charge is 2.11. The first-order valence-electron chi connectivity index (χ1n) is 9.37. The first-order chi connectivity index (χ1) is 14.1. The van der Waals surface area contributed by atoms with E-state index >= 15 is 0 Å². The van der Waals surface area contributed by atoms with Gasteiger partial charge in [-0.15, -0.1) is 0 Å². The van der Waals surface area contributed by atoms with E-state index in [-0.39, 0.29) is 11.6 Å². The Hall–Kier alpha value is -3.55. The number of halogens is 2. The fourth-order valence-electron chi connectivity index (χ4n) is 2.97. The van der Waals surface area contributed by atoms with E-state index < -0.39 is 0 Å². The van der Waals surface area contributed by atoms with Crippen LogP contribution in [0.2, 0.25) is 0 Å². The normalized spacial score (nSPS) is 11.0. The lowest BCUT2D eigenvalue weighted by Gasteiger charge is -2.11. The van der Waals surface area contributed by atoms with E-state index in [4.69, 9.17) is 0 Å². The molecule has 0 saturated heterocycles. The molecule has 2 heterocycles. The van der Waals surface area contributed by atoms with Gasteiger partial charge >= 0.3 is 0 Å². The average Bonchev–Trinajstić information content (AvgIpc) is 3.18. The summed E-state index contributed by atoms with van der Waals surface area (Å²) in [6.45, 7) is 2.59. The molecule has 8 heteroatoms. The smallest absolute Gasteiger partial charge is 0.225 e. The van der Waals surface area contributed by atoms with Crippen LogP contribution in [0.1, 0.15) is 18.2 Å². The Morgan fingerprint density at radius 1 is 0.966 bits per heavy atom. The average molecular weight is 394 g/mol. The molecule has 4 aromatic rings. The van der Waals surface area contributed by atoms with Crippen LogP contribution in [-0.2, 0) is 12.8 Å². The highest BCUT2D eigenvalue weighted by Crippen LogP contribution is 2.25. The number of nitrogens with one attached hydrogen (secondary N) is 3. The standard InChI is InChI=1S/C21H20F2N6/c1-2-16-12-19(29-28-16)26-20-17-11-15(23)7-8-18(17)25-21(27-20)24-10-9-13-3-5-14(22)6-4-13/h3-8,11-12H,2,9-10H2,1H3,(H3,24,25,26,27,28,29). The van der Waals surface area contributed by atoms with Crippen molar-refractivity contribution in [3.8, 4) is 0 Å². The quantitative estimate of drug-likeness (QED) is 0.427. The summed E-state index contributed by atoms with van der Waals surface area (Å²) in [5.74, 6) is 0.862. The largest absolute Gasteiger partial charge is 0.354 e. The third-order valence-corrected chi connectivity index (χ3v) is 4.53. The van der Waals surface area contributed by atoms with Crippen LogP contribution in [-0.4, -0.2) is 26.7 Å². The number of aromatic nitrogens is 4. The second-order valence-corrected chi connectivity index (χ2v) is 6.62. The van der Waals surface area contributed by atoms with Gasteiger partial charge in [-0.05, 0) is 48.7 Å². The summed E-state index contributed by atoms with van der Waals surface area (Å²) >= 11 is 0. The topological polar surface area (TPSA) is 78.5 Å². The molecule has 0 atom stereocenters. The summed E-state index contributed by atoms with van der Waals surface area (Å²) in [5, 5.41) is 14.0. The number of fused-ring (bicyclic) bond motifs is 1. The van der Waals surface area contributed by atoms with Gasteiger partial charge in [0.25, 0.3) is 0 Å². The Kier molecular flexibility index (Phi) is 5.33. The highest BCUT2D eigenvalue weighted by atomic mass is 19.1. The summed E-state index contributed by atoms with van der Waals surface area (Å²) in [7, 11) is 0. The van der Waals surface area contributed by atoms with Gasteiger partial charge in [0.05, 0.1) is 5.52 Å². The van der Waals surface area contributed by atoms with Gasteiger partial charge in [-0.2, -0.15) is 10.1 Å². The molecule has 0 saturated carbocycles. The molecular formula is C21H20F2N6. The number of hydrogen-bond donors (Lipinski definition) is 3. The molecule has 4 rings (SSSR count). The highest BCUT2D eigenvalue weighted by molar-refractivity contribution is 5.91. The summed E-state index contributed by atoms with van der Waals surface area (Å²) in [6.07, 6.45) is 1.51. The summed E-state index contributed by atoms with van der Waals surface area (Å²) < 4.78 is 26.8. The Labute approximate surface area is 166 Å². The van der Waals surface area contributed by atoms with E-state index in [1.165, 1.54) is 24.3 Å². The molecule has 2 aromatic carbocycles. The van der Waals surface area contributed by atoms with E-state index in [0.29, 0.717) is 41.5 Å². The molecule has 3 N–H and O–H groups in total. The number of rotatable bonds is 7. The minimum Gasteiger partial charge on any atom is -0.354 e. The van der Waals surface area contributed by atoms with Gasteiger partial charge in [-0.25, -0.2) is 13.8 Å². The van der Waals surface area contributed by atoms with Crippen molar-refractivity contribution < 1.29 is 8.78 Å². The first kappa shape index (κ1) is 18.8. The maximum atomic E-state index is 13.8. The minimum atomic E-state index is -0.363. The monoisotopic (exact) mass is 394 g/mol. The second kappa shape index (κ2) is 8.22. The van der Waals surface area contributed by atoms with Crippen molar-refractivity contribution in [3.63, 3.8) is 0 Å². The molecule has 0 bridgehead atoms. The van der Waals surface area contributed by atoms with Gasteiger partial charge in [0, 0.05) is 23.7 Å². The van der Waals surface area contributed by atoms with Crippen LogP contribution in [0.3, 0.4) is 0 Å². The van der Waals surface area contributed by atoms with Crippen LogP contribution < -0.4 is 10.6 Å². The van der Waals surface area contributed by atoms with Crippen molar-refractivity contribution in [1.82, 2.24) is 20.2 Å². The summed E-state index contributed by atoms with van der Waals surface area (Å²) in [6, 6.07) is 12.6. The number of H-pyrrole nitrogens is 1. The molecule has 6 nitrogen and oxygen atoms in total. The number of hydrogen-bond acceptors (Lipinski definition) is 5. The molecule has 0 aliphatic rings. The number of anilines is 3. The van der Waals surface area contributed by atoms with E-state index in [1.54, 1.807) is 18.2 Å². The summed E-state index contributed by atoms with van der Waals surface area (Å²) in [4.78, 5) is 8.97. The molecule has 0 aliphatic heterocycles. The van der Waals surface area contributed by atoms with Crippen LogP contribution in [0.5, 0.6) is 0 Å². The van der Waals surface area contributed by atoms with Gasteiger partial charge in [0.15, 0.2) is 5.82 Å². The zero-order valence-electron chi connectivity index (χ0n) is 15.8. The molecule has 148 valence electrons. The Morgan fingerprint density at radius 3 is 2.52 bits per heavy atom. The lowest BCUT2D eigenvalue weighted by atomic mass is 10.1. The zero-order chi connectivity index (χ0) is 20.2. The van der Waals surface area contributed by atoms with Crippen molar-refractivity contribution in [3.05, 3.63) is 71.4 Å². The van der Waals surface area contributed by atoms with E-state index in [1.807, 2.05) is 13.0 Å². The molecular weight excluding hydrogens is 374 g/mol. The van der Waals surface area contributed by atoms with Gasteiger partial charge < -0.3 is 10.6 Å². The van der Waals surface area contributed by atoms with Crippen molar-refractivity contribution in [2.24, 2.45) is 0 Å². The molecule has 0 aliphatic carbocycles. The molecule has 2 aromatic heterocycles. The first-order valence-corrected chi connectivity index (χ1v) is 9.37. The maximum absolute atomic E-state index is 13.8. The molecule has 29 heavy (non-hydrogen) atoms. The van der Waals surface area contributed by atoms with Gasteiger partial charge in [-0.3, -0.25) is 5.10 Å². The SMILES string of the molecule is CCc1cc(Nc2nc(NCCc3ccc(F)cc3)nc3ccc(F)cc23)n[nH]1. The van der Waals surface area contributed by atoms with Crippen molar-refractivity contribution >= 4 is 28.5 Å². The van der Waals surface area contributed by atoms with E-state index in [0.717, 1.165) is 17.7 Å². The van der Waals surface area contributed by atoms with Gasteiger partial charge in [-0.1, -0.05) is 19.1 Å². The lowest BCUT2D eigenvalue weighted by Crippen LogP contribution is -2.09. The van der Waals surface area contributed by atoms with Crippen LogP contribution in [0.25, 0.3) is 10.9 Å². The fraction of sp³-hybridized carbons (Fsp3) is 0.190. The Morgan fingerprint density at radius 2 is 1.76 bits per heavy atom. The van der Waals surface area contributed by atoms with Crippen LogP contribution in [0.4, 0.5) is 26.4 Å². The van der Waals surface area contributed by atoms with Gasteiger partial charge in [0.1, 0.15) is 17.5 Å². The number of aryl methyl sites for hydroxylation is 1. The van der Waals surface area contributed by atoms with Crippen LogP contribution in [0.15, 0.2) is 48.5 Å².